The molecule has 2 rings (SSSR count). The zero-order valence-corrected chi connectivity index (χ0v) is 13.5. The lowest BCUT2D eigenvalue weighted by molar-refractivity contribution is -0.924. The highest BCUT2D eigenvalue weighted by atomic mass is 16.5. The summed E-state index contributed by atoms with van der Waals surface area (Å²) in [6.45, 7) is 5.74. The van der Waals surface area contributed by atoms with Gasteiger partial charge in [-0.25, -0.2) is 4.79 Å². The van der Waals surface area contributed by atoms with Crippen LogP contribution >= 0.6 is 0 Å². The fourth-order valence-electron chi connectivity index (χ4n) is 2.83. The molecule has 120 valence electrons. The van der Waals surface area contributed by atoms with Crippen molar-refractivity contribution in [3.63, 3.8) is 0 Å². The number of rotatable bonds is 5. The number of nitrogens with one attached hydrogen (secondary N) is 2. The molecule has 0 radical (unpaired) electrons. The van der Waals surface area contributed by atoms with Gasteiger partial charge in [0.05, 0.1) is 7.11 Å². The van der Waals surface area contributed by atoms with Crippen LogP contribution in [0, 0.1) is 5.92 Å². The molecule has 0 fully saturated rings. The van der Waals surface area contributed by atoms with Gasteiger partial charge in [-0.15, -0.1) is 0 Å². The van der Waals surface area contributed by atoms with Gasteiger partial charge in [-0.2, -0.15) is 0 Å². The van der Waals surface area contributed by atoms with Gasteiger partial charge in [0.15, 0.2) is 12.6 Å². The predicted octanol–water partition coefficient (Wildman–Crippen LogP) is -0.0586. The monoisotopic (exact) mass is 305 g/mol. The maximum atomic E-state index is 12.1. The van der Waals surface area contributed by atoms with Crippen LogP contribution in [0.15, 0.2) is 24.3 Å². The molecule has 1 unspecified atom stereocenters. The van der Waals surface area contributed by atoms with Crippen LogP contribution in [0.2, 0.25) is 0 Å². The maximum absolute atomic E-state index is 12.1. The first kappa shape index (κ1) is 16.5. The first-order chi connectivity index (χ1) is 10.5. The van der Waals surface area contributed by atoms with Gasteiger partial charge in [-0.1, -0.05) is 38.1 Å². The normalized spacial score (nSPS) is 20.4. The molecule has 0 saturated heterocycles. The number of esters is 1. The first-order valence-electron chi connectivity index (χ1n) is 7.77. The third-order valence-corrected chi connectivity index (χ3v) is 4.03. The van der Waals surface area contributed by atoms with Gasteiger partial charge in [0, 0.05) is 18.5 Å². The molecule has 0 aliphatic carbocycles. The van der Waals surface area contributed by atoms with E-state index in [0.717, 1.165) is 4.90 Å². The molecular formula is C17H25N2O3+. The number of ether oxygens (including phenoxy) is 1. The average Bonchev–Trinajstić information content (AvgIpc) is 2.51. The smallest absolute Gasteiger partial charge is 0.365 e. The molecule has 0 aromatic heterocycles. The first-order valence-corrected chi connectivity index (χ1v) is 7.77. The summed E-state index contributed by atoms with van der Waals surface area (Å²) in [7, 11) is 1.40. The molecule has 5 nitrogen and oxygen atoms in total. The fraction of sp³-hybridized carbons (Fsp3) is 0.529. The Morgan fingerprint density at radius 1 is 1.32 bits per heavy atom. The standard InChI is InChI=1S/C17H24N2O3/c1-12(2)9-18-16(20)11-19-10-14-7-5-4-6-13(14)8-15(19)17(21)22-3/h4-7,12,15H,8-11H2,1-3H3,(H,18,20)/p+1/t15-/m1/s1. The molecule has 1 amide bonds. The topological polar surface area (TPSA) is 59.8 Å². The van der Waals surface area contributed by atoms with E-state index >= 15 is 0 Å². The summed E-state index contributed by atoms with van der Waals surface area (Å²) in [5.74, 6) is 0.149. The number of carbonyl (C=O) groups excluding carboxylic acids is 2. The van der Waals surface area contributed by atoms with Gasteiger partial charge in [0.1, 0.15) is 6.54 Å². The van der Waals surface area contributed by atoms with E-state index in [9.17, 15) is 9.59 Å². The summed E-state index contributed by atoms with van der Waals surface area (Å²) in [6, 6.07) is 7.77. The quantitative estimate of drug-likeness (QED) is 0.750. The third-order valence-electron chi connectivity index (χ3n) is 4.03. The van der Waals surface area contributed by atoms with Crippen molar-refractivity contribution in [2.45, 2.75) is 32.9 Å². The van der Waals surface area contributed by atoms with Gasteiger partial charge in [-0.3, -0.25) is 4.79 Å². The Labute approximate surface area is 131 Å². The summed E-state index contributed by atoms with van der Waals surface area (Å²) in [6.07, 6.45) is 0.621. The van der Waals surface area contributed by atoms with E-state index in [1.807, 2.05) is 18.2 Å². The van der Waals surface area contributed by atoms with Gasteiger partial charge in [0.25, 0.3) is 5.91 Å². The second-order valence-electron chi connectivity index (χ2n) is 6.26. The summed E-state index contributed by atoms with van der Waals surface area (Å²) in [5, 5.41) is 2.92. The molecule has 0 bridgehead atoms. The molecule has 2 N–H and O–H groups in total. The van der Waals surface area contributed by atoms with E-state index in [0.29, 0.717) is 32.0 Å². The lowest BCUT2D eigenvalue weighted by atomic mass is 9.94. The Balaban J connectivity index is 2.09. The van der Waals surface area contributed by atoms with Crippen LogP contribution < -0.4 is 10.2 Å². The average molecular weight is 305 g/mol. The van der Waals surface area contributed by atoms with Crippen LogP contribution in [0.25, 0.3) is 0 Å². The van der Waals surface area contributed by atoms with Crippen molar-refractivity contribution in [1.29, 1.82) is 0 Å². The molecule has 1 aliphatic rings. The molecule has 0 saturated carbocycles. The number of fused-ring (bicyclic) bond motifs is 1. The van der Waals surface area contributed by atoms with Crippen LogP contribution in [-0.2, 0) is 27.3 Å². The van der Waals surface area contributed by atoms with Crippen LogP contribution in [0.1, 0.15) is 25.0 Å². The molecular weight excluding hydrogens is 280 g/mol. The van der Waals surface area contributed by atoms with E-state index in [2.05, 4.69) is 25.2 Å². The Morgan fingerprint density at radius 2 is 2.00 bits per heavy atom. The van der Waals surface area contributed by atoms with E-state index in [1.54, 1.807) is 0 Å². The van der Waals surface area contributed by atoms with Crippen molar-refractivity contribution < 1.29 is 19.2 Å². The molecule has 1 aromatic rings. The number of methoxy groups -OCH3 is 1. The molecule has 5 heteroatoms. The molecule has 1 heterocycles. The minimum atomic E-state index is -0.315. The fourth-order valence-corrected chi connectivity index (χ4v) is 2.83. The molecule has 2 atom stereocenters. The van der Waals surface area contributed by atoms with Crippen LogP contribution in [0.3, 0.4) is 0 Å². The Hall–Kier alpha value is -1.88. The Morgan fingerprint density at radius 3 is 2.64 bits per heavy atom. The SMILES string of the molecule is COC(=O)[C@H]1Cc2ccccc2C[NH+]1CC(=O)NCC(C)C. The van der Waals surface area contributed by atoms with Crippen molar-refractivity contribution in [2.75, 3.05) is 20.2 Å². The molecule has 0 spiro atoms. The van der Waals surface area contributed by atoms with E-state index in [4.69, 9.17) is 4.74 Å². The highest BCUT2D eigenvalue weighted by Gasteiger charge is 2.36. The summed E-state index contributed by atoms with van der Waals surface area (Å²) in [5.41, 5.74) is 2.37. The largest absolute Gasteiger partial charge is 0.465 e. The maximum Gasteiger partial charge on any atom is 0.365 e. The van der Waals surface area contributed by atoms with E-state index in [-0.39, 0.29) is 17.9 Å². The number of benzene rings is 1. The van der Waals surface area contributed by atoms with Gasteiger partial charge >= 0.3 is 5.97 Å². The number of amides is 1. The van der Waals surface area contributed by atoms with Crippen LogP contribution in [-0.4, -0.2) is 38.1 Å². The molecule has 1 aliphatic heterocycles. The van der Waals surface area contributed by atoms with Crippen molar-refractivity contribution in [3.05, 3.63) is 35.4 Å². The number of quaternary nitrogens is 1. The predicted molar refractivity (Wildman–Crippen MR) is 83.3 cm³/mol. The number of hydrogen-bond donors (Lipinski definition) is 2. The van der Waals surface area contributed by atoms with Crippen molar-refractivity contribution in [1.82, 2.24) is 5.32 Å². The number of hydrogen-bond acceptors (Lipinski definition) is 3. The third kappa shape index (κ3) is 4.07. The summed E-state index contributed by atoms with van der Waals surface area (Å²) < 4.78 is 4.92. The van der Waals surface area contributed by atoms with Gasteiger partial charge in [-0.05, 0) is 11.5 Å². The minimum absolute atomic E-state index is 0.0167. The minimum Gasteiger partial charge on any atom is -0.465 e. The zero-order chi connectivity index (χ0) is 16.1. The Kier molecular flexibility index (Phi) is 5.55. The molecule has 22 heavy (non-hydrogen) atoms. The Bertz CT molecular complexity index is 542. The highest BCUT2D eigenvalue weighted by molar-refractivity contribution is 5.78. The van der Waals surface area contributed by atoms with Crippen molar-refractivity contribution in [2.24, 2.45) is 5.92 Å². The van der Waals surface area contributed by atoms with Gasteiger partial charge in [0.2, 0.25) is 0 Å². The second-order valence-corrected chi connectivity index (χ2v) is 6.26. The van der Waals surface area contributed by atoms with Crippen molar-refractivity contribution >= 4 is 11.9 Å². The lowest BCUT2D eigenvalue weighted by Gasteiger charge is -2.31. The van der Waals surface area contributed by atoms with Crippen LogP contribution in [0.5, 0.6) is 0 Å². The highest BCUT2D eigenvalue weighted by Crippen LogP contribution is 2.14. The zero-order valence-electron chi connectivity index (χ0n) is 13.5. The second kappa shape index (κ2) is 7.40. The van der Waals surface area contributed by atoms with E-state index < -0.39 is 0 Å². The van der Waals surface area contributed by atoms with Gasteiger partial charge < -0.3 is 15.0 Å². The molecule has 1 aromatic carbocycles. The summed E-state index contributed by atoms with van der Waals surface area (Å²) in [4.78, 5) is 25.1. The van der Waals surface area contributed by atoms with Crippen molar-refractivity contribution in [3.8, 4) is 0 Å². The van der Waals surface area contributed by atoms with Crippen LogP contribution in [0.4, 0.5) is 0 Å². The lowest BCUT2D eigenvalue weighted by Crippen LogP contribution is -3.17. The summed E-state index contributed by atoms with van der Waals surface area (Å²) >= 11 is 0. The number of carbonyl (C=O) groups is 2. The van der Waals surface area contributed by atoms with E-state index in [1.165, 1.54) is 18.2 Å².